The third-order valence-corrected chi connectivity index (χ3v) is 1.57. The summed E-state index contributed by atoms with van der Waals surface area (Å²) in [6, 6.07) is 0. The maximum atomic E-state index is 12.4. The first-order chi connectivity index (χ1) is 6.88. The molecular formula is C6H6BF3N2O3. The maximum absolute atomic E-state index is 12.4. The Labute approximate surface area is 82.7 Å². The molecule has 0 spiro atoms. The summed E-state index contributed by atoms with van der Waals surface area (Å²) in [6.07, 6.45) is -4.16. The molecule has 9 heteroatoms. The van der Waals surface area contributed by atoms with E-state index in [-0.39, 0.29) is 0 Å². The maximum Gasteiger partial charge on any atom is 0.496 e. The highest BCUT2D eigenvalue weighted by Crippen LogP contribution is 2.27. The van der Waals surface area contributed by atoms with Gasteiger partial charge < -0.3 is 14.8 Å². The molecule has 0 fully saturated rings. The SMILES string of the molecule is COc1ncnc(C(F)(F)F)c1B(O)O. The fraction of sp³-hybridized carbons (Fsp3) is 0.333. The molecule has 1 heterocycles. The summed E-state index contributed by atoms with van der Waals surface area (Å²) >= 11 is 0. The Bertz CT molecular complexity index is 358. The van der Waals surface area contributed by atoms with Crippen molar-refractivity contribution in [3.8, 4) is 5.88 Å². The zero-order valence-corrected chi connectivity index (χ0v) is 7.49. The van der Waals surface area contributed by atoms with Crippen LogP contribution in [0.3, 0.4) is 0 Å². The highest BCUT2D eigenvalue weighted by atomic mass is 19.4. The highest BCUT2D eigenvalue weighted by molar-refractivity contribution is 6.60. The first-order valence-corrected chi connectivity index (χ1v) is 3.70. The molecule has 0 aromatic carbocycles. The second kappa shape index (κ2) is 4.03. The van der Waals surface area contributed by atoms with Crippen LogP contribution in [-0.2, 0) is 6.18 Å². The molecule has 0 radical (unpaired) electrons. The Morgan fingerprint density at radius 3 is 2.33 bits per heavy atom. The van der Waals surface area contributed by atoms with E-state index < -0.39 is 30.3 Å². The molecule has 15 heavy (non-hydrogen) atoms. The van der Waals surface area contributed by atoms with Crippen LogP contribution in [0.2, 0.25) is 0 Å². The van der Waals surface area contributed by atoms with Gasteiger partial charge in [0, 0.05) is 0 Å². The van der Waals surface area contributed by atoms with Crippen molar-refractivity contribution < 1.29 is 28.0 Å². The average Bonchev–Trinajstić information content (AvgIpc) is 2.15. The van der Waals surface area contributed by atoms with Crippen molar-refractivity contribution in [1.82, 2.24) is 9.97 Å². The Morgan fingerprint density at radius 1 is 1.33 bits per heavy atom. The number of aromatic nitrogens is 2. The molecule has 0 bridgehead atoms. The van der Waals surface area contributed by atoms with Crippen LogP contribution in [0.1, 0.15) is 5.69 Å². The van der Waals surface area contributed by atoms with Crippen molar-refractivity contribution in [3.63, 3.8) is 0 Å². The molecule has 0 unspecified atom stereocenters. The topological polar surface area (TPSA) is 75.5 Å². The molecule has 0 amide bonds. The minimum absolute atomic E-state index is 0.521. The second-order valence-electron chi connectivity index (χ2n) is 2.52. The highest BCUT2D eigenvalue weighted by Gasteiger charge is 2.40. The number of halogens is 3. The monoisotopic (exact) mass is 222 g/mol. The Balaban J connectivity index is 3.39. The van der Waals surface area contributed by atoms with Gasteiger partial charge in [0.15, 0.2) is 5.69 Å². The Kier molecular flexibility index (Phi) is 3.15. The van der Waals surface area contributed by atoms with Crippen LogP contribution in [0.15, 0.2) is 6.33 Å². The number of nitrogens with zero attached hydrogens (tertiary/aromatic N) is 2. The number of ether oxygens (including phenoxy) is 1. The normalized spacial score (nSPS) is 11.3. The summed E-state index contributed by atoms with van der Waals surface area (Å²) < 4.78 is 41.5. The lowest BCUT2D eigenvalue weighted by atomic mass is 9.79. The lowest BCUT2D eigenvalue weighted by molar-refractivity contribution is -0.140. The lowest BCUT2D eigenvalue weighted by Crippen LogP contribution is -2.38. The van der Waals surface area contributed by atoms with Gasteiger partial charge >= 0.3 is 13.3 Å². The zero-order chi connectivity index (χ0) is 11.6. The molecule has 0 aliphatic heterocycles. The summed E-state index contributed by atoms with van der Waals surface area (Å²) in [7, 11) is -1.29. The van der Waals surface area contributed by atoms with Gasteiger partial charge in [0.1, 0.15) is 6.33 Å². The molecule has 1 aromatic rings. The predicted molar refractivity (Wildman–Crippen MR) is 43.4 cm³/mol. The first-order valence-electron chi connectivity index (χ1n) is 3.70. The van der Waals surface area contributed by atoms with Gasteiger partial charge in [0.25, 0.3) is 0 Å². The largest absolute Gasteiger partial charge is 0.496 e. The van der Waals surface area contributed by atoms with Crippen LogP contribution in [0.4, 0.5) is 13.2 Å². The molecule has 2 N–H and O–H groups in total. The number of rotatable bonds is 2. The zero-order valence-electron chi connectivity index (χ0n) is 7.49. The molecule has 1 rings (SSSR count). The van der Waals surface area contributed by atoms with E-state index in [1.807, 2.05) is 0 Å². The van der Waals surface area contributed by atoms with E-state index in [4.69, 9.17) is 10.0 Å². The molecule has 82 valence electrons. The lowest BCUT2D eigenvalue weighted by Gasteiger charge is -2.12. The summed E-state index contributed by atoms with van der Waals surface area (Å²) in [5.41, 5.74) is -2.32. The van der Waals surface area contributed by atoms with Gasteiger partial charge in [-0.2, -0.15) is 13.2 Å². The van der Waals surface area contributed by atoms with E-state index in [9.17, 15) is 13.2 Å². The van der Waals surface area contributed by atoms with Crippen LogP contribution in [0.25, 0.3) is 0 Å². The van der Waals surface area contributed by atoms with Crippen molar-refractivity contribution >= 4 is 12.6 Å². The molecule has 0 saturated heterocycles. The molecular weight excluding hydrogens is 216 g/mol. The van der Waals surface area contributed by atoms with Crippen molar-refractivity contribution in [3.05, 3.63) is 12.0 Å². The Hall–Kier alpha value is -1.35. The van der Waals surface area contributed by atoms with Gasteiger partial charge in [-0.25, -0.2) is 9.97 Å². The number of hydrogen-bond acceptors (Lipinski definition) is 5. The van der Waals surface area contributed by atoms with Gasteiger partial charge in [-0.15, -0.1) is 0 Å². The van der Waals surface area contributed by atoms with Crippen LogP contribution >= 0.6 is 0 Å². The van der Waals surface area contributed by atoms with Crippen molar-refractivity contribution in [2.45, 2.75) is 6.18 Å². The van der Waals surface area contributed by atoms with Crippen molar-refractivity contribution in [1.29, 1.82) is 0 Å². The standard InChI is InChI=1S/C6H6BF3N2O3/c1-15-5-3(7(13)14)4(6(8,9)10)11-2-12-5/h2,13-14H,1H3. The van der Waals surface area contributed by atoms with Gasteiger partial charge in [-0.1, -0.05) is 0 Å². The third kappa shape index (κ3) is 2.36. The van der Waals surface area contributed by atoms with E-state index in [1.54, 1.807) is 0 Å². The number of hydrogen-bond donors (Lipinski definition) is 2. The van der Waals surface area contributed by atoms with E-state index in [0.29, 0.717) is 6.33 Å². The van der Waals surface area contributed by atoms with Crippen LogP contribution in [0, 0.1) is 0 Å². The fourth-order valence-corrected chi connectivity index (χ4v) is 1.00. The Morgan fingerprint density at radius 2 is 1.93 bits per heavy atom. The van der Waals surface area contributed by atoms with Crippen LogP contribution in [0.5, 0.6) is 5.88 Å². The summed E-state index contributed by atoms with van der Waals surface area (Å²) in [4.78, 5) is 6.28. The fourth-order valence-electron chi connectivity index (χ4n) is 1.00. The van der Waals surface area contributed by atoms with Gasteiger partial charge in [-0.05, 0) is 0 Å². The molecule has 0 aliphatic carbocycles. The second-order valence-corrected chi connectivity index (χ2v) is 2.52. The predicted octanol–water partition coefficient (Wildman–Crippen LogP) is -0.816. The van der Waals surface area contributed by atoms with E-state index >= 15 is 0 Å². The summed E-state index contributed by atoms with van der Waals surface area (Å²) in [5, 5.41) is 17.6. The number of methoxy groups -OCH3 is 1. The quantitative estimate of drug-likeness (QED) is 0.639. The minimum Gasteiger partial charge on any atom is -0.481 e. The van der Waals surface area contributed by atoms with Gasteiger partial charge in [-0.3, -0.25) is 0 Å². The molecule has 0 aliphatic rings. The first kappa shape index (κ1) is 11.7. The van der Waals surface area contributed by atoms with E-state index in [2.05, 4.69) is 14.7 Å². The third-order valence-electron chi connectivity index (χ3n) is 1.57. The van der Waals surface area contributed by atoms with Crippen molar-refractivity contribution in [2.75, 3.05) is 7.11 Å². The van der Waals surface area contributed by atoms with Crippen LogP contribution in [-0.4, -0.2) is 34.2 Å². The average molecular weight is 222 g/mol. The molecule has 0 atom stereocenters. The van der Waals surface area contributed by atoms with Crippen LogP contribution < -0.4 is 10.2 Å². The smallest absolute Gasteiger partial charge is 0.481 e. The summed E-state index contributed by atoms with van der Waals surface area (Å²) in [6.45, 7) is 0. The minimum atomic E-state index is -4.80. The van der Waals surface area contributed by atoms with Gasteiger partial charge in [0.05, 0.1) is 12.6 Å². The van der Waals surface area contributed by atoms with E-state index in [0.717, 1.165) is 7.11 Å². The van der Waals surface area contributed by atoms with Gasteiger partial charge in [0.2, 0.25) is 5.88 Å². The van der Waals surface area contributed by atoms with E-state index in [1.165, 1.54) is 0 Å². The molecule has 5 nitrogen and oxygen atoms in total. The number of alkyl halides is 3. The molecule has 0 saturated carbocycles. The molecule has 1 aromatic heterocycles. The summed E-state index contributed by atoms with van der Waals surface area (Å²) in [5.74, 6) is -0.521. The van der Waals surface area contributed by atoms with Crippen molar-refractivity contribution in [2.24, 2.45) is 0 Å².